The highest BCUT2D eigenvalue weighted by molar-refractivity contribution is 7.13. The van der Waals surface area contributed by atoms with Crippen LogP contribution >= 0.6 is 11.3 Å². The number of aliphatic hydroxyl groups is 3. The Balaban J connectivity index is 1.63. The number of aromatic nitrogens is 7. The highest BCUT2D eigenvalue weighted by atomic mass is 32.1. The molecule has 0 spiro atoms. The quantitative estimate of drug-likeness (QED) is 0.419. The molecule has 0 aromatic carbocycles. The van der Waals surface area contributed by atoms with Gasteiger partial charge in [0.1, 0.15) is 24.6 Å². The average Bonchev–Trinajstić information content (AvgIpc) is 3.41. The second-order valence-electron chi connectivity index (χ2n) is 5.88. The van der Waals surface area contributed by atoms with E-state index in [1.165, 1.54) is 22.2 Å². The molecule has 134 valence electrons. The summed E-state index contributed by atoms with van der Waals surface area (Å²) in [5.74, 6) is 0.611. The number of hydrogen-bond donors (Lipinski definition) is 3. The molecule has 1 saturated heterocycles. The van der Waals surface area contributed by atoms with E-state index in [2.05, 4.69) is 25.1 Å². The summed E-state index contributed by atoms with van der Waals surface area (Å²) < 4.78 is 8.77. The lowest BCUT2D eigenvalue weighted by Crippen LogP contribution is -2.33. The summed E-state index contributed by atoms with van der Waals surface area (Å²) in [5, 5.41) is 37.8. The molecule has 5 heterocycles. The monoisotopic (exact) mass is 375 g/mol. The number of rotatable bonds is 3. The largest absolute Gasteiger partial charge is 0.394 e. The molecule has 11 nitrogen and oxygen atoms in total. The van der Waals surface area contributed by atoms with Gasteiger partial charge < -0.3 is 20.1 Å². The smallest absolute Gasteiger partial charge is 0.192 e. The molecule has 12 heteroatoms. The Kier molecular flexibility index (Phi) is 3.48. The highest BCUT2D eigenvalue weighted by Gasteiger charge is 2.44. The Morgan fingerprint density at radius 1 is 1.12 bits per heavy atom. The molecule has 1 fully saturated rings. The van der Waals surface area contributed by atoms with Gasteiger partial charge in [0, 0.05) is 6.20 Å². The molecule has 0 amide bonds. The average molecular weight is 375 g/mol. The van der Waals surface area contributed by atoms with Crippen molar-refractivity contribution in [3.8, 4) is 10.7 Å². The van der Waals surface area contributed by atoms with Gasteiger partial charge in [0.15, 0.2) is 28.9 Å². The van der Waals surface area contributed by atoms with Gasteiger partial charge in [0.05, 0.1) is 23.3 Å². The van der Waals surface area contributed by atoms with E-state index in [0.29, 0.717) is 22.6 Å². The second-order valence-corrected chi connectivity index (χ2v) is 6.77. The fourth-order valence-electron chi connectivity index (χ4n) is 3.11. The van der Waals surface area contributed by atoms with Gasteiger partial charge in [0.2, 0.25) is 0 Å². The van der Waals surface area contributed by atoms with Crippen molar-refractivity contribution in [3.05, 3.63) is 24.4 Å². The summed E-state index contributed by atoms with van der Waals surface area (Å²) in [5.41, 5.74) is 3.12. The van der Waals surface area contributed by atoms with Crippen LogP contribution in [0.2, 0.25) is 0 Å². The molecule has 5 rings (SSSR count). The van der Waals surface area contributed by atoms with Crippen molar-refractivity contribution < 1.29 is 20.1 Å². The third kappa shape index (κ3) is 2.10. The number of ether oxygens (including phenoxy) is 1. The fourth-order valence-corrected chi connectivity index (χ4v) is 3.71. The van der Waals surface area contributed by atoms with E-state index in [-0.39, 0.29) is 0 Å². The molecule has 0 aliphatic carbocycles. The van der Waals surface area contributed by atoms with Crippen molar-refractivity contribution in [2.75, 3.05) is 6.61 Å². The predicted octanol–water partition coefficient (Wildman–Crippen LogP) is -0.791. The normalized spacial score (nSPS) is 26.3. The molecule has 4 atom stereocenters. The summed E-state index contributed by atoms with van der Waals surface area (Å²) >= 11 is 1.44. The molecule has 4 aromatic heterocycles. The van der Waals surface area contributed by atoms with Crippen LogP contribution in [0.25, 0.3) is 27.5 Å². The second kappa shape index (κ2) is 5.75. The molecule has 1 unspecified atom stereocenters. The van der Waals surface area contributed by atoms with Gasteiger partial charge in [-0.15, -0.1) is 21.5 Å². The lowest BCUT2D eigenvalue weighted by molar-refractivity contribution is -0.0511. The fraction of sp³-hybridized carbons (Fsp3) is 0.357. The van der Waals surface area contributed by atoms with Gasteiger partial charge in [-0.2, -0.15) is 0 Å². The van der Waals surface area contributed by atoms with Crippen LogP contribution < -0.4 is 0 Å². The third-order valence-electron chi connectivity index (χ3n) is 4.41. The van der Waals surface area contributed by atoms with E-state index < -0.39 is 31.1 Å². The standard InChI is InChI=1S/C14H13N7O4S/c22-2-6-9(23)10(24)14(25-6)21-3-16-8-12(21)17-4-20-11(18-19-13(8)20)7-1-15-5-26-7/h1,3-6,9-10,14,22-24H,2H2/t6-,9?,10+,14-/m1/s1. The molecule has 1 aliphatic rings. The highest BCUT2D eigenvalue weighted by Crippen LogP contribution is 2.32. The number of nitrogens with zero attached hydrogens (tertiary/aromatic N) is 7. The lowest BCUT2D eigenvalue weighted by atomic mass is 10.1. The van der Waals surface area contributed by atoms with Crippen molar-refractivity contribution in [3.63, 3.8) is 0 Å². The Labute approximate surface area is 149 Å². The van der Waals surface area contributed by atoms with Crippen LogP contribution in [0, 0.1) is 0 Å². The van der Waals surface area contributed by atoms with Crippen molar-refractivity contribution in [1.82, 2.24) is 34.1 Å². The summed E-state index contributed by atoms with van der Waals surface area (Å²) in [4.78, 5) is 13.6. The Morgan fingerprint density at radius 2 is 2.00 bits per heavy atom. The number of thiazole rings is 1. The van der Waals surface area contributed by atoms with Gasteiger partial charge in [-0.05, 0) is 0 Å². The van der Waals surface area contributed by atoms with Gasteiger partial charge in [-0.1, -0.05) is 0 Å². The SMILES string of the molecule is OC[C@H]1O[C@@H](n2cnc3c2ncn2c(-c4cncs4)nnc32)[C@@H](O)C1O. The maximum atomic E-state index is 10.2. The molecule has 0 bridgehead atoms. The van der Waals surface area contributed by atoms with E-state index >= 15 is 0 Å². The number of hydrogen-bond acceptors (Lipinski definition) is 10. The summed E-state index contributed by atoms with van der Waals surface area (Å²) in [6.45, 7) is -0.401. The molecular weight excluding hydrogens is 362 g/mol. The summed E-state index contributed by atoms with van der Waals surface area (Å²) in [6.07, 6.45) is 0.521. The summed E-state index contributed by atoms with van der Waals surface area (Å²) in [6, 6.07) is 0. The molecule has 0 radical (unpaired) electrons. The molecule has 3 N–H and O–H groups in total. The van der Waals surface area contributed by atoms with Gasteiger partial charge >= 0.3 is 0 Å². The molecular formula is C14H13N7O4S. The van der Waals surface area contributed by atoms with Crippen molar-refractivity contribution in [1.29, 1.82) is 0 Å². The first-order chi connectivity index (χ1) is 12.7. The van der Waals surface area contributed by atoms with E-state index in [1.54, 1.807) is 22.4 Å². The van der Waals surface area contributed by atoms with Crippen molar-refractivity contribution >= 4 is 28.1 Å². The molecule has 4 aromatic rings. The minimum Gasteiger partial charge on any atom is -0.394 e. The van der Waals surface area contributed by atoms with Gasteiger partial charge in [0.25, 0.3) is 0 Å². The Hall–Kier alpha value is -2.51. The zero-order valence-corrected chi connectivity index (χ0v) is 13.9. The van der Waals surface area contributed by atoms with Crippen LogP contribution in [-0.4, -0.2) is 74.4 Å². The molecule has 1 aliphatic heterocycles. The maximum Gasteiger partial charge on any atom is 0.192 e. The first-order valence-corrected chi connectivity index (χ1v) is 8.64. The number of aliphatic hydroxyl groups excluding tert-OH is 3. The van der Waals surface area contributed by atoms with E-state index in [4.69, 9.17) is 4.74 Å². The van der Waals surface area contributed by atoms with Gasteiger partial charge in [-0.3, -0.25) is 14.0 Å². The first kappa shape index (κ1) is 15.7. The molecule has 26 heavy (non-hydrogen) atoms. The van der Waals surface area contributed by atoms with Crippen LogP contribution in [0.3, 0.4) is 0 Å². The minimum atomic E-state index is -1.21. The number of fused-ring (bicyclic) bond motifs is 3. The predicted molar refractivity (Wildman–Crippen MR) is 88.2 cm³/mol. The minimum absolute atomic E-state index is 0.401. The third-order valence-corrected chi connectivity index (χ3v) is 5.18. The van der Waals surface area contributed by atoms with Gasteiger partial charge in [-0.25, -0.2) is 9.97 Å². The van der Waals surface area contributed by atoms with Crippen LogP contribution in [0.4, 0.5) is 0 Å². The van der Waals surface area contributed by atoms with Crippen LogP contribution in [0.15, 0.2) is 24.4 Å². The lowest BCUT2D eigenvalue weighted by Gasteiger charge is -2.16. The Morgan fingerprint density at radius 3 is 2.73 bits per heavy atom. The first-order valence-electron chi connectivity index (χ1n) is 7.76. The maximum absolute atomic E-state index is 10.2. The van der Waals surface area contributed by atoms with E-state index in [9.17, 15) is 15.3 Å². The zero-order chi connectivity index (χ0) is 17.8. The van der Waals surface area contributed by atoms with E-state index in [0.717, 1.165) is 4.88 Å². The van der Waals surface area contributed by atoms with Crippen LogP contribution in [0.5, 0.6) is 0 Å². The van der Waals surface area contributed by atoms with Crippen LogP contribution in [-0.2, 0) is 4.74 Å². The number of imidazole rings is 1. The van der Waals surface area contributed by atoms with E-state index in [1.807, 2.05) is 0 Å². The topological polar surface area (TPSA) is 144 Å². The molecule has 0 saturated carbocycles. The van der Waals surface area contributed by atoms with Crippen molar-refractivity contribution in [2.24, 2.45) is 0 Å². The summed E-state index contributed by atoms with van der Waals surface area (Å²) in [7, 11) is 0. The van der Waals surface area contributed by atoms with Crippen LogP contribution in [0.1, 0.15) is 6.23 Å². The van der Waals surface area contributed by atoms with Crippen molar-refractivity contribution in [2.45, 2.75) is 24.5 Å². The Bertz CT molecular complexity index is 1080. The zero-order valence-electron chi connectivity index (χ0n) is 13.1.